The third-order valence-electron chi connectivity index (χ3n) is 5.48. The van der Waals surface area contributed by atoms with Crippen LogP contribution in [0.5, 0.6) is 5.75 Å². The zero-order valence-corrected chi connectivity index (χ0v) is 16.8. The number of nitrogens with one attached hydrogen (secondary N) is 1. The van der Waals surface area contributed by atoms with E-state index in [0.717, 1.165) is 29.8 Å². The molecule has 29 heavy (non-hydrogen) atoms. The number of carbonyl (C=O) groups is 1. The van der Waals surface area contributed by atoms with Crippen molar-refractivity contribution in [1.29, 1.82) is 0 Å². The third-order valence-corrected chi connectivity index (χ3v) is 5.48. The molecule has 0 aliphatic carbocycles. The van der Waals surface area contributed by atoms with E-state index in [1.807, 2.05) is 43.3 Å². The van der Waals surface area contributed by atoms with Gasteiger partial charge in [0.15, 0.2) is 5.76 Å². The minimum atomic E-state index is -0.202. The smallest absolute Gasteiger partial charge is 0.287 e. The van der Waals surface area contributed by atoms with Gasteiger partial charge in [-0.25, -0.2) is 0 Å². The number of methoxy groups -OCH3 is 1. The molecule has 1 unspecified atom stereocenters. The van der Waals surface area contributed by atoms with E-state index in [2.05, 4.69) is 22.3 Å². The normalized spacial score (nSPS) is 15.9. The van der Waals surface area contributed by atoms with Gasteiger partial charge >= 0.3 is 0 Å². The Balaban J connectivity index is 1.53. The molecule has 1 aliphatic rings. The van der Waals surface area contributed by atoms with Crippen molar-refractivity contribution in [3.63, 3.8) is 0 Å². The van der Waals surface area contributed by atoms with Crippen LogP contribution in [0.3, 0.4) is 0 Å². The van der Waals surface area contributed by atoms with Crippen molar-refractivity contribution in [3.05, 3.63) is 65.4 Å². The van der Waals surface area contributed by atoms with Gasteiger partial charge < -0.3 is 19.2 Å². The number of carbonyl (C=O) groups excluding carboxylic acids is 1. The van der Waals surface area contributed by atoms with Gasteiger partial charge in [-0.05, 0) is 30.7 Å². The standard InChI is InChI=1S/C23H26N2O4/c1-16-19-14-18(27-2)8-9-21(19)29-22(16)23(26)24-15-20(17-6-4-3-5-7-17)25-10-12-28-13-11-25/h3-9,14,20H,10-13,15H2,1-2H3,(H,24,26). The Hall–Kier alpha value is -2.83. The summed E-state index contributed by atoms with van der Waals surface area (Å²) in [5.74, 6) is 0.888. The van der Waals surface area contributed by atoms with Crippen LogP contribution < -0.4 is 10.1 Å². The molecular formula is C23H26N2O4. The van der Waals surface area contributed by atoms with Crippen molar-refractivity contribution < 1.29 is 18.7 Å². The fourth-order valence-corrected chi connectivity index (χ4v) is 3.84. The number of ether oxygens (including phenoxy) is 2. The lowest BCUT2D eigenvalue weighted by atomic mass is 10.0. The topological polar surface area (TPSA) is 63.9 Å². The molecule has 0 bridgehead atoms. The minimum absolute atomic E-state index is 0.0915. The van der Waals surface area contributed by atoms with Crippen LogP contribution in [0, 0.1) is 6.92 Å². The fraction of sp³-hybridized carbons (Fsp3) is 0.348. The Morgan fingerprint density at radius 1 is 1.17 bits per heavy atom. The molecule has 1 fully saturated rings. The summed E-state index contributed by atoms with van der Waals surface area (Å²) >= 11 is 0. The summed E-state index contributed by atoms with van der Waals surface area (Å²) in [6.45, 7) is 5.51. The SMILES string of the molecule is COc1ccc2oc(C(=O)NCC(c3ccccc3)N3CCOCC3)c(C)c2c1. The van der Waals surface area contributed by atoms with Crippen LogP contribution in [0.15, 0.2) is 52.9 Å². The lowest BCUT2D eigenvalue weighted by molar-refractivity contribution is 0.0161. The van der Waals surface area contributed by atoms with Gasteiger partial charge in [0.1, 0.15) is 11.3 Å². The Labute approximate surface area is 170 Å². The van der Waals surface area contributed by atoms with E-state index < -0.39 is 0 Å². The van der Waals surface area contributed by atoms with Crippen LogP contribution in [0.2, 0.25) is 0 Å². The minimum Gasteiger partial charge on any atom is -0.497 e. The Morgan fingerprint density at radius 3 is 2.66 bits per heavy atom. The van der Waals surface area contributed by atoms with Gasteiger partial charge in [0.05, 0.1) is 26.4 Å². The van der Waals surface area contributed by atoms with Crippen LogP contribution in [-0.2, 0) is 4.74 Å². The second-order valence-electron chi connectivity index (χ2n) is 7.20. The molecule has 2 heterocycles. The van der Waals surface area contributed by atoms with Crippen LogP contribution in [-0.4, -0.2) is 50.8 Å². The maximum atomic E-state index is 12.9. The maximum absolute atomic E-state index is 12.9. The number of hydrogen-bond donors (Lipinski definition) is 1. The number of rotatable bonds is 6. The highest BCUT2D eigenvalue weighted by Gasteiger charge is 2.25. The number of aryl methyl sites for hydroxylation is 1. The first-order valence-corrected chi connectivity index (χ1v) is 9.89. The summed E-state index contributed by atoms with van der Waals surface area (Å²) in [5, 5.41) is 3.97. The molecule has 1 N–H and O–H groups in total. The highest BCUT2D eigenvalue weighted by atomic mass is 16.5. The second-order valence-corrected chi connectivity index (χ2v) is 7.20. The van der Waals surface area contributed by atoms with E-state index in [1.54, 1.807) is 7.11 Å². The number of benzene rings is 2. The van der Waals surface area contributed by atoms with E-state index in [4.69, 9.17) is 13.9 Å². The number of amides is 1. The average Bonchev–Trinajstić information content (AvgIpc) is 3.11. The quantitative estimate of drug-likeness (QED) is 0.693. The van der Waals surface area contributed by atoms with Crippen molar-refractivity contribution in [1.82, 2.24) is 10.2 Å². The highest BCUT2D eigenvalue weighted by Crippen LogP contribution is 2.29. The molecule has 152 valence electrons. The lowest BCUT2D eigenvalue weighted by Gasteiger charge is -2.34. The molecule has 6 nitrogen and oxygen atoms in total. The van der Waals surface area contributed by atoms with Gasteiger partial charge in [0.2, 0.25) is 0 Å². The molecule has 6 heteroatoms. The van der Waals surface area contributed by atoms with Crippen LogP contribution in [0.1, 0.15) is 27.7 Å². The van der Waals surface area contributed by atoms with Crippen molar-refractivity contribution in [2.75, 3.05) is 40.0 Å². The van der Waals surface area contributed by atoms with E-state index in [-0.39, 0.29) is 11.9 Å². The van der Waals surface area contributed by atoms with E-state index >= 15 is 0 Å². The Kier molecular flexibility index (Phi) is 5.83. The van der Waals surface area contributed by atoms with Crippen molar-refractivity contribution in [2.45, 2.75) is 13.0 Å². The molecule has 0 saturated carbocycles. The molecular weight excluding hydrogens is 368 g/mol. The summed E-state index contributed by atoms with van der Waals surface area (Å²) in [6.07, 6.45) is 0. The molecule has 2 aromatic carbocycles. The molecule has 1 aromatic heterocycles. The van der Waals surface area contributed by atoms with Crippen LogP contribution in [0.4, 0.5) is 0 Å². The number of nitrogens with zero attached hydrogens (tertiary/aromatic N) is 1. The monoisotopic (exact) mass is 394 g/mol. The van der Waals surface area contributed by atoms with Gasteiger partial charge in [-0.3, -0.25) is 9.69 Å². The molecule has 1 atom stereocenters. The molecule has 3 aromatic rings. The van der Waals surface area contributed by atoms with Crippen molar-refractivity contribution in [2.24, 2.45) is 0 Å². The van der Waals surface area contributed by atoms with E-state index in [1.165, 1.54) is 5.56 Å². The number of morpholine rings is 1. The molecule has 0 spiro atoms. The molecule has 4 rings (SSSR count). The largest absolute Gasteiger partial charge is 0.497 e. The predicted molar refractivity (Wildman–Crippen MR) is 111 cm³/mol. The van der Waals surface area contributed by atoms with Gasteiger partial charge in [-0.2, -0.15) is 0 Å². The summed E-state index contributed by atoms with van der Waals surface area (Å²) in [6, 6.07) is 15.9. The van der Waals surface area contributed by atoms with Crippen LogP contribution in [0.25, 0.3) is 11.0 Å². The number of furan rings is 1. The molecule has 1 aliphatic heterocycles. The van der Waals surface area contributed by atoms with Gasteiger partial charge in [0, 0.05) is 30.6 Å². The maximum Gasteiger partial charge on any atom is 0.287 e. The Morgan fingerprint density at radius 2 is 1.93 bits per heavy atom. The zero-order valence-electron chi connectivity index (χ0n) is 16.8. The number of hydrogen-bond acceptors (Lipinski definition) is 5. The first-order chi connectivity index (χ1) is 14.2. The second kappa shape index (κ2) is 8.68. The zero-order chi connectivity index (χ0) is 20.2. The number of fused-ring (bicyclic) bond motifs is 1. The first kappa shape index (κ1) is 19.5. The van der Waals surface area contributed by atoms with E-state index in [0.29, 0.717) is 31.1 Å². The summed E-state index contributed by atoms with van der Waals surface area (Å²) in [5.41, 5.74) is 2.68. The fourth-order valence-electron chi connectivity index (χ4n) is 3.84. The van der Waals surface area contributed by atoms with Gasteiger partial charge in [0.25, 0.3) is 5.91 Å². The summed E-state index contributed by atoms with van der Waals surface area (Å²) in [7, 11) is 1.62. The lowest BCUT2D eigenvalue weighted by Crippen LogP contribution is -2.43. The molecule has 1 amide bonds. The summed E-state index contributed by atoms with van der Waals surface area (Å²) in [4.78, 5) is 15.3. The van der Waals surface area contributed by atoms with Gasteiger partial charge in [-0.1, -0.05) is 30.3 Å². The van der Waals surface area contributed by atoms with Gasteiger partial charge in [-0.15, -0.1) is 0 Å². The van der Waals surface area contributed by atoms with E-state index in [9.17, 15) is 4.79 Å². The average molecular weight is 394 g/mol. The first-order valence-electron chi connectivity index (χ1n) is 9.89. The predicted octanol–water partition coefficient (Wildman–Crippen LogP) is 3.55. The molecule has 1 saturated heterocycles. The Bertz CT molecular complexity index is 977. The summed E-state index contributed by atoms with van der Waals surface area (Å²) < 4.78 is 16.6. The van der Waals surface area contributed by atoms with Crippen LogP contribution >= 0.6 is 0 Å². The van der Waals surface area contributed by atoms with Crippen molar-refractivity contribution >= 4 is 16.9 Å². The van der Waals surface area contributed by atoms with Crippen molar-refractivity contribution in [3.8, 4) is 5.75 Å². The third kappa shape index (κ3) is 4.13. The molecule has 0 radical (unpaired) electrons. The highest BCUT2D eigenvalue weighted by molar-refractivity contribution is 5.99.